The molecule has 1 unspecified atom stereocenters. The van der Waals surface area contributed by atoms with Gasteiger partial charge in [-0.25, -0.2) is 0 Å². The van der Waals surface area contributed by atoms with E-state index in [9.17, 15) is 0 Å². The maximum Gasteiger partial charge on any atom is 0.268 e. The van der Waals surface area contributed by atoms with Gasteiger partial charge in [0.05, 0.1) is 0 Å². The Kier molecular flexibility index (Phi) is 3.28. The van der Waals surface area contributed by atoms with Gasteiger partial charge >= 0.3 is 0 Å². The van der Waals surface area contributed by atoms with Crippen molar-refractivity contribution in [2.45, 2.75) is 19.5 Å². The molecule has 1 fully saturated rings. The molecule has 1 rings (SSSR count). The molecule has 72 valence electrons. The highest BCUT2D eigenvalue weighted by Gasteiger charge is 2.43. The summed E-state index contributed by atoms with van der Waals surface area (Å²) in [4.78, 5) is 0. The van der Waals surface area contributed by atoms with Crippen LogP contribution in [0.25, 0.3) is 0 Å². The molecule has 3 nitrogen and oxygen atoms in total. The number of hydrogen-bond acceptors (Lipinski definition) is 3. The minimum atomic E-state index is -1.52. The van der Waals surface area contributed by atoms with Crippen LogP contribution in [0.3, 0.4) is 0 Å². The van der Waals surface area contributed by atoms with Crippen LogP contribution < -0.4 is 5.73 Å². The quantitative estimate of drug-likeness (QED) is 0.660. The Bertz CT molecular complexity index is 156. The van der Waals surface area contributed by atoms with E-state index in [1.54, 1.807) is 0 Å². The van der Waals surface area contributed by atoms with Crippen LogP contribution in [0.2, 0.25) is 12.6 Å². The maximum absolute atomic E-state index is 5.64. The highest BCUT2D eigenvalue weighted by atomic mass is 28.4. The molecule has 4 heteroatoms. The van der Waals surface area contributed by atoms with Gasteiger partial charge in [-0.1, -0.05) is 6.92 Å². The fraction of sp³-hybridized carbons (Fsp3) is 1.00. The summed E-state index contributed by atoms with van der Waals surface area (Å²) in [5.41, 5.74) is 5.55. The van der Waals surface area contributed by atoms with E-state index in [0.29, 0.717) is 0 Å². The topological polar surface area (TPSA) is 38.5 Å². The molecule has 0 amide bonds. The maximum atomic E-state index is 5.64. The van der Waals surface area contributed by atoms with Gasteiger partial charge in [0.1, 0.15) is 0 Å². The molecule has 0 radical (unpaired) electrons. The van der Waals surface area contributed by atoms with Crippen LogP contribution in [0.4, 0.5) is 0 Å². The number of hydrogen-bond donors (Lipinski definition) is 1. The van der Waals surface area contributed by atoms with Gasteiger partial charge in [0, 0.05) is 20.2 Å². The zero-order chi connectivity index (χ0) is 9.19. The van der Waals surface area contributed by atoms with Gasteiger partial charge in [0.25, 0.3) is 8.48 Å². The van der Waals surface area contributed by atoms with Gasteiger partial charge in [-0.3, -0.25) is 0 Å². The van der Waals surface area contributed by atoms with E-state index in [1.165, 1.54) is 12.6 Å². The van der Waals surface area contributed by atoms with E-state index in [4.69, 9.17) is 10.2 Å². The molecule has 0 aromatic heterocycles. The lowest BCUT2D eigenvalue weighted by Gasteiger charge is -2.30. The van der Waals surface area contributed by atoms with Crippen molar-refractivity contribution in [1.29, 1.82) is 0 Å². The second kappa shape index (κ2) is 3.87. The van der Waals surface area contributed by atoms with E-state index in [-0.39, 0.29) is 0 Å². The predicted molar refractivity (Wildman–Crippen MR) is 53.2 cm³/mol. The smallest absolute Gasteiger partial charge is 0.268 e. The molecule has 1 saturated heterocycles. The Labute approximate surface area is 76.1 Å². The Hall–Kier alpha value is 0.0969. The SMILES string of the molecule is CO[Si]1(C)C[C@H](C)CN1CCN. The summed E-state index contributed by atoms with van der Waals surface area (Å²) in [5.74, 6) is 0.785. The van der Waals surface area contributed by atoms with Crippen LogP contribution in [0.5, 0.6) is 0 Å². The summed E-state index contributed by atoms with van der Waals surface area (Å²) in [6.07, 6.45) is 0. The van der Waals surface area contributed by atoms with Crippen molar-refractivity contribution < 1.29 is 4.43 Å². The van der Waals surface area contributed by atoms with Crippen molar-refractivity contribution in [1.82, 2.24) is 4.57 Å². The predicted octanol–water partition coefficient (Wildman–Crippen LogP) is 0.615. The van der Waals surface area contributed by atoms with E-state index < -0.39 is 8.48 Å². The molecule has 12 heavy (non-hydrogen) atoms. The normalized spacial score (nSPS) is 37.5. The van der Waals surface area contributed by atoms with E-state index in [2.05, 4.69) is 18.0 Å². The standard InChI is InChI=1S/C8H20N2OSi/c1-8-6-10(5-4-9)12(3,7-8)11-2/h8H,4-7,9H2,1-3H3/t8-,12?/m1/s1. The summed E-state index contributed by atoms with van der Waals surface area (Å²) in [5, 5.41) is 0. The third kappa shape index (κ3) is 1.88. The third-order valence-corrected chi connectivity index (χ3v) is 6.84. The van der Waals surface area contributed by atoms with Crippen LogP contribution in [-0.2, 0) is 4.43 Å². The van der Waals surface area contributed by atoms with Crippen LogP contribution in [0.15, 0.2) is 0 Å². The van der Waals surface area contributed by atoms with E-state index in [1.807, 2.05) is 7.11 Å². The van der Waals surface area contributed by atoms with Crippen molar-refractivity contribution in [2.75, 3.05) is 26.7 Å². The van der Waals surface area contributed by atoms with Gasteiger partial charge in [0.2, 0.25) is 0 Å². The number of nitrogens with zero attached hydrogens (tertiary/aromatic N) is 1. The minimum Gasteiger partial charge on any atom is -0.406 e. The van der Waals surface area contributed by atoms with Gasteiger partial charge < -0.3 is 14.7 Å². The van der Waals surface area contributed by atoms with E-state index in [0.717, 1.165) is 19.0 Å². The molecule has 1 heterocycles. The Balaban J connectivity index is 2.58. The second-order valence-corrected chi connectivity index (χ2v) is 7.72. The summed E-state index contributed by atoms with van der Waals surface area (Å²) in [7, 11) is 0.321. The van der Waals surface area contributed by atoms with Crippen molar-refractivity contribution in [2.24, 2.45) is 11.7 Å². The molecule has 1 aliphatic rings. The van der Waals surface area contributed by atoms with Gasteiger partial charge in [-0.15, -0.1) is 0 Å². The molecule has 0 bridgehead atoms. The lowest BCUT2D eigenvalue weighted by atomic mass is 10.2. The minimum absolute atomic E-state index is 0.749. The molecule has 2 atom stereocenters. The fourth-order valence-electron chi connectivity index (χ4n) is 2.11. The third-order valence-electron chi connectivity index (χ3n) is 2.77. The van der Waals surface area contributed by atoms with E-state index >= 15 is 0 Å². The molecule has 2 N–H and O–H groups in total. The van der Waals surface area contributed by atoms with Crippen LogP contribution >= 0.6 is 0 Å². The van der Waals surface area contributed by atoms with Crippen LogP contribution in [-0.4, -0.2) is 39.8 Å². The van der Waals surface area contributed by atoms with Gasteiger partial charge in [0.15, 0.2) is 0 Å². The fourth-order valence-corrected chi connectivity index (χ4v) is 5.51. The Morgan fingerprint density at radius 1 is 1.67 bits per heavy atom. The van der Waals surface area contributed by atoms with Gasteiger partial charge in [-0.05, 0) is 25.1 Å². The first-order chi connectivity index (χ1) is 5.62. The molecule has 0 spiro atoms. The highest BCUT2D eigenvalue weighted by Crippen LogP contribution is 2.29. The van der Waals surface area contributed by atoms with Gasteiger partial charge in [-0.2, -0.15) is 0 Å². The Morgan fingerprint density at radius 2 is 2.33 bits per heavy atom. The molecular weight excluding hydrogens is 168 g/mol. The molecule has 0 aromatic carbocycles. The Morgan fingerprint density at radius 3 is 2.83 bits per heavy atom. The molecule has 0 aromatic rings. The summed E-state index contributed by atoms with van der Waals surface area (Å²) >= 11 is 0. The average molecular weight is 188 g/mol. The summed E-state index contributed by atoms with van der Waals surface area (Å²) < 4.78 is 8.11. The van der Waals surface area contributed by atoms with Crippen molar-refractivity contribution in [3.05, 3.63) is 0 Å². The molecular formula is C8H20N2OSi. The first kappa shape index (κ1) is 10.2. The lowest BCUT2D eigenvalue weighted by Crippen LogP contribution is -2.49. The highest BCUT2D eigenvalue weighted by molar-refractivity contribution is 6.70. The summed E-state index contributed by atoms with van der Waals surface area (Å²) in [6.45, 7) is 7.50. The van der Waals surface area contributed by atoms with Crippen molar-refractivity contribution >= 4 is 8.48 Å². The van der Waals surface area contributed by atoms with Crippen molar-refractivity contribution in [3.63, 3.8) is 0 Å². The monoisotopic (exact) mass is 188 g/mol. The number of rotatable bonds is 3. The van der Waals surface area contributed by atoms with Crippen molar-refractivity contribution in [3.8, 4) is 0 Å². The van der Waals surface area contributed by atoms with Crippen LogP contribution in [0.1, 0.15) is 6.92 Å². The van der Waals surface area contributed by atoms with Crippen LogP contribution in [0, 0.1) is 5.92 Å². The average Bonchev–Trinajstić information content (AvgIpc) is 2.29. The first-order valence-electron chi connectivity index (χ1n) is 4.62. The first-order valence-corrected chi connectivity index (χ1v) is 7.19. The largest absolute Gasteiger partial charge is 0.406 e. The molecule has 1 aliphatic heterocycles. The lowest BCUT2D eigenvalue weighted by molar-refractivity contribution is 0.316. The second-order valence-electron chi connectivity index (χ2n) is 3.92. The number of nitrogens with two attached hydrogens (primary N) is 1. The zero-order valence-electron chi connectivity index (χ0n) is 8.34. The summed E-state index contributed by atoms with van der Waals surface area (Å²) in [6, 6.07) is 1.25. The molecule has 0 aliphatic carbocycles. The molecule has 0 saturated carbocycles. The zero-order valence-corrected chi connectivity index (χ0v) is 9.34.